The minimum Gasteiger partial charge on any atom is -0.340 e. The predicted octanol–water partition coefficient (Wildman–Crippen LogP) is 1.40. The van der Waals surface area contributed by atoms with E-state index in [1.165, 1.54) is 11.9 Å². The zero-order chi connectivity index (χ0) is 17.2. The van der Waals surface area contributed by atoms with Crippen LogP contribution in [0.25, 0.3) is 0 Å². The molecule has 0 saturated carbocycles. The van der Waals surface area contributed by atoms with Gasteiger partial charge >= 0.3 is 12.1 Å². The van der Waals surface area contributed by atoms with Gasteiger partial charge in [-0.2, -0.15) is 0 Å². The van der Waals surface area contributed by atoms with Crippen LogP contribution in [0.15, 0.2) is 30.3 Å². The molecule has 126 valence electrons. The van der Waals surface area contributed by atoms with Gasteiger partial charge in [-0.25, -0.2) is 14.5 Å². The van der Waals surface area contributed by atoms with Crippen LogP contribution >= 0.6 is 0 Å². The lowest BCUT2D eigenvalue weighted by molar-refractivity contribution is -0.108. The van der Waals surface area contributed by atoms with Crippen molar-refractivity contribution >= 4 is 24.0 Å². The first kappa shape index (κ1) is 18.6. The van der Waals surface area contributed by atoms with Gasteiger partial charge in [0.15, 0.2) is 0 Å². The summed E-state index contributed by atoms with van der Waals surface area (Å²) in [5.74, 6) is 0. The highest BCUT2D eigenvalue weighted by Gasteiger charge is 2.27. The van der Waals surface area contributed by atoms with Crippen molar-refractivity contribution < 1.29 is 14.4 Å². The van der Waals surface area contributed by atoms with Crippen molar-refractivity contribution in [3.05, 3.63) is 30.3 Å². The van der Waals surface area contributed by atoms with Gasteiger partial charge in [-0.3, -0.25) is 0 Å². The molecule has 7 nitrogen and oxygen atoms in total. The molecular weight excluding hydrogens is 296 g/mol. The van der Waals surface area contributed by atoms with Gasteiger partial charge in [0, 0.05) is 13.6 Å². The zero-order valence-corrected chi connectivity index (χ0v) is 13.9. The zero-order valence-electron chi connectivity index (χ0n) is 13.9. The Morgan fingerprint density at radius 2 is 1.78 bits per heavy atom. The van der Waals surface area contributed by atoms with Gasteiger partial charge in [-0.1, -0.05) is 18.2 Å². The molecule has 0 saturated heterocycles. The topological polar surface area (TPSA) is 73.0 Å². The second-order valence-electron chi connectivity index (χ2n) is 5.28. The molecule has 0 aliphatic heterocycles. The van der Waals surface area contributed by atoms with Gasteiger partial charge in [-0.15, -0.1) is 0 Å². The van der Waals surface area contributed by atoms with Crippen molar-refractivity contribution in [1.82, 2.24) is 15.1 Å². The molecule has 0 bridgehead atoms. The van der Waals surface area contributed by atoms with Gasteiger partial charge in [0.05, 0.1) is 12.2 Å². The lowest BCUT2D eigenvalue weighted by Gasteiger charge is -2.28. The molecule has 1 aromatic carbocycles. The van der Waals surface area contributed by atoms with Crippen molar-refractivity contribution in [3.63, 3.8) is 0 Å². The fourth-order valence-electron chi connectivity index (χ4n) is 2.08. The van der Waals surface area contributed by atoms with Crippen LogP contribution in [0.4, 0.5) is 15.3 Å². The first-order valence-corrected chi connectivity index (χ1v) is 7.45. The van der Waals surface area contributed by atoms with Crippen molar-refractivity contribution in [2.75, 3.05) is 45.7 Å². The summed E-state index contributed by atoms with van der Waals surface area (Å²) < 4.78 is 0. The maximum atomic E-state index is 12.7. The molecule has 1 N–H and O–H groups in total. The number of rotatable bonds is 7. The molecule has 0 fully saturated rings. The second-order valence-corrected chi connectivity index (χ2v) is 5.28. The summed E-state index contributed by atoms with van der Waals surface area (Å²) in [5.41, 5.74) is 0.459. The number of anilines is 1. The van der Waals surface area contributed by atoms with Crippen LogP contribution in [0.2, 0.25) is 0 Å². The fraction of sp³-hybridized carbons (Fsp3) is 0.438. The molecule has 1 aromatic rings. The highest BCUT2D eigenvalue weighted by Crippen LogP contribution is 2.16. The number of amides is 4. The quantitative estimate of drug-likeness (QED) is 0.771. The third-order valence-corrected chi connectivity index (χ3v) is 3.22. The number of hydrogen-bond acceptors (Lipinski definition) is 4. The van der Waals surface area contributed by atoms with Gasteiger partial charge in [-0.05, 0) is 39.2 Å². The van der Waals surface area contributed by atoms with E-state index in [1.54, 1.807) is 30.3 Å². The molecule has 7 heteroatoms. The van der Waals surface area contributed by atoms with Crippen LogP contribution < -0.4 is 10.2 Å². The largest absolute Gasteiger partial charge is 0.340 e. The summed E-state index contributed by atoms with van der Waals surface area (Å²) in [4.78, 5) is 40.1. The number of hydrogen-bond donors (Lipinski definition) is 1. The van der Waals surface area contributed by atoms with E-state index in [4.69, 9.17) is 0 Å². The van der Waals surface area contributed by atoms with Crippen LogP contribution in [-0.4, -0.2) is 68.9 Å². The average molecular weight is 320 g/mol. The Balaban J connectivity index is 2.95. The smallest absolute Gasteiger partial charge is 0.333 e. The van der Waals surface area contributed by atoms with Crippen LogP contribution in [0.1, 0.15) is 6.42 Å². The van der Waals surface area contributed by atoms with Crippen molar-refractivity contribution in [2.24, 2.45) is 0 Å². The van der Waals surface area contributed by atoms with Gasteiger partial charge < -0.3 is 19.9 Å². The number of nitrogens with one attached hydrogen (secondary N) is 1. The first-order chi connectivity index (χ1) is 11.0. The molecule has 0 aromatic heterocycles. The number of nitrogens with zero attached hydrogens (tertiary/aromatic N) is 3. The number of carbonyl (C=O) groups excluding carboxylic acids is 3. The van der Waals surface area contributed by atoms with Crippen LogP contribution in [0.5, 0.6) is 0 Å². The minimum absolute atomic E-state index is 0.0490. The number of para-hydroxylation sites is 1. The maximum Gasteiger partial charge on any atom is 0.333 e. The summed E-state index contributed by atoms with van der Waals surface area (Å²) in [6, 6.07) is 7.59. The lowest BCUT2D eigenvalue weighted by atomic mass is 10.3. The van der Waals surface area contributed by atoms with Crippen molar-refractivity contribution in [2.45, 2.75) is 6.42 Å². The summed E-state index contributed by atoms with van der Waals surface area (Å²) in [6.07, 6.45) is 1.38. The Bertz CT molecular complexity index is 519. The normalized spacial score (nSPS) is 10.3. The molecule has 23 heavy (non-hydrogen) atoms. The van der Waals surface area contributed by atoms with E-state index >= 15 is 0 Å². The molecular formula is C16H24N4O3. The van der Waals surface area contributed by atoms with Crippen LogP contribution in [-0.2, 0) is 4.79 Å². The fourth-order valence-corrected chi connectivity index (χ4v) is 2.08. The molecule has 1 rings (SSSR count). The van der Waals surface area contributed by atoms with E-state index in [2.05, 4.69) is 5.32 Å². The summed E-state index contributed by atoms with van der Waals surface area (Å²) >= 11 is 0. The van der Waals surface area contributed by atoms with Gasteiger partial charge in [0.2, 0.25) is 0 Å². The number of benzene rings is 1. The van der Waals surface area contributed by atoms with E-state index in [9.17, 15) is 14.4 Å². The second kappa shape index (κ2) is 9.58. The number of urea groups is 2. The Morgan fingerprint density at radius 1 is 1.13 bits per heavy atom. The minimum atomic E-state index is -0.537. The Hall–Kier alpha value is -2.41. The van der Waals surface area contributed by atoms with E-state index in [0.717, 1.165) is 11.4 Å². The molecule has 0 unspecified atom stereocenters. The Kier molecular flexibility index (Phi) is 7.76. The molecule has 0 aliphatic rings. The van der Waals surface area contributed by atoms with E-state index in [0.29, 0.717) is 24.9 Å². The van der Waals surface area contributed by atoms with Crippen LogP contribution in [0.3, 0.4) is 0 Å². The Labute approximate surface area is 136 Å². The molecule has 4 amide bonds. The monoisotopic (exact) mass is 320 g/mol. The predicted molar refractivity (Wildman–Crippen MR) is 89.6 cm³/mol. The van der Waals surface area contributed by atoms with E-state index < -0.39 is 12.1 Å². The molecule has 0 spiro atoms. The SMILES string of the molecule is CNC(=O)N(C(=O)N(CC=O)CCCN(C)C)c1ccccc1. The summed E-state index contributed by atoms with van der Waals surface area (Å²) in [7, 11) is 5.33. The van der Waals surface area contributed by atoms with Crippen molar-refractivity contribution in [1.29, 1.82) is 0 Å². The van der Waals surface area contributed by atoms with Crippen LogP contribution in [0, 0.1) is 0 Å². The van der Waals surface area contributed by atoms with E-state index in [1.807, 2.05) is 19.0 Å². The van der Waals surface area contributed by atoms with Gasteiger partial charge in [0.1, 0.15) is 6.29 Å². The standard InChI is InChI=1S/C16H24N4O3/c1-17-15(22)20(14-8-5-4-6-9-14)16(23)19(12-13-21)11-7-10-18(2)3/h4-6,8-9,13H,7,10-12H2,1-3H3,(H,17,22). The van der Waals surface area contributed by atoms with Crippen molar-refractivity contribution in [3.8, 4) is 0 Å². The third kappa shape index (κ3) is 5.71. The third-order valence-electron chi connectivity index (χ3n) is 3.22. The number of aldehydes is 1. The molecule has 0 aliphatic carbocycles. The highest BCUT2D eigenvalue weighted by molar-refractivity contribution is 6.13. The van der Waals surface area contributed by atoms with Gasteiger partial charge in [0.25, 0.3) is 0 Å². The number of carbonyl (C=O) groups is 3. The van der Waals surface area contributed by atoms with E-state index in [-0.39, 0.29) is 6.54 Å². The Morgan fingerprint density at radius 3 is 2.30 bits per heavy atom. The molecule has 0 radical (unpaired) electrons. The lowest BCUT2D eigenvalue weighted by Crippen LogP contribution is -2.50. The number of imide groups is 1. The molecule has 0 atom stereocenters. The average Bonchev–Trinajstić information content (AvgIpc) is 2.54. The summed E-state index contributed by atoms with van der Waals surface area (Å²) in [5, 5.41) is 2.46. The highest BCUT2D eigenvalue weighted by atomic mass is 16.2. The summed E-state index contributed by atoms with van der Waals surface area (Å²) in [6.45, 7) is 1.14. The first-order valence-electron chi connectivity index (χ1n) is 7.45. The molecule has 0 heterocycles. The maximum absolute atomic E-state index is 12.7.